The van der Waals surface area contributed by atoms with E-state index in [-0.39, 0.29) is 31.2 Å². The molecule has 1 rings (SSSR count). The van der Waals surface area contributed by atoms with Gasteiger partial charge in [0.05, 0.1) is 0 Å². The molecule has 0 fully saturated rings. The minimum atomic E-state index is -0.950. The summed E-state index contributed by atoms with van der Waals surface area (Å²) in [6.07, 6.45) is 0.224. The first-order valence-electron chi connectivity index (χ1n) is 6.48. The lowest BCUT2D eigenvalue weighted by molar-refractivity contribution is -0.757. The van der Waals surface area contributed by atoms with Gasteiger partial charge >= 0.3 is 0 Å². The number of benzene rings is 1. The van der Waals surface area contributed by atoms with Crippen molar-refractivity contribution >= 4 is 11.8 Å². The molecule has 0 aliphatic rings. The Bertz CT molecular complexity index is 531. The molecular formula is C13H17N3O6. The molecule has 9 nitrogen and oxygen atoms in total. The number of carbonyl (C=O) groups is 2. The van der Waals surface area contributed by atoms with E-state index in [2.05, 4.69) is 15.5 Å². The van der Waals surface area contributed by atoms with Crippen LogP contribution in [0.4, 0.5) is 0 Å². The number of aromatic hydroxyl groups is 1. The van der Waals surface area contributed by atoms with Gasteiger partial charge in [0.15, 0.2) is 0 Å². The Hall–Kier alpha value is -2.84. The van der Waals surface area contributed by atoms with Gasteiger partial charge in [-0.3, -0.25) is 9.59 Å². The first-order chi connectivity index (χ1) is 10.4. The number of amides is 2. The lowest BCUT2D eigenvalue weighted by Crippen LogP contribution is -2.48. The summed E-state index contributed by atoms with van der Waals surface area (Å²) < 4.78 is 0. The molecule has 1 aromatic carbocycles. The smallest absolute Gasteiger partial charge is 0.294 e. The average Bonchev–Trinajstić information content (AvgIpc) is 2.44. The van der Waals surface area contributed by atoms with Gasteiger partial charge in [-0.05, 0) is 17.7 Å². The third kappa shape index (κ3) is 6.55. The van der Waals surface area contributed by atoms with Crippen molar-refractivity contribution in [3.8, 4) is 5.75 Å². The maximum Gasteiger partial charge on any atom is 0.294 e. The first kappa shape index (κ1) is 17.2. The molecule has 0 aromatic heterocycles. The van der Waals surface area contributed by atoms with Gasteiger partial charge in [-0.25, -0.2) is 0 Å². The van der Waals surface area contributed by atoms with E-state index in [4.69, 9.17) is 0 Å². The van der Waals surface area contributed by atoms with Crippen molar-refractivity contribution in [1.29, 1.82) is 0 Å². The molecule has 1 aromatic rings. The molecule has 120 valence electrons. The number of rotatable bonds is 8. The van der Waals surface area contributed by atoms with E-state index >= 15 is 0 Å². The Morgan fingerprint density at radius 3 is 2.55 bits per heavy atom. The van der Waals surface area contributed by atoms with Crippen LogP contribution in [0, 0.1) is 10.1 Å². The van der Waals surface area contributed by atoms with Crippen molar-refractivity contribution in [2.24, 2.45) is 0 Å². The molecule has 0 aliphatic carbocycles. The van der Waals surface area contributed by atoms with Gasteiger partial charge in [0, 0.05) is 19.9 Å². The molecule has 2 amide bonds. The van der Waals surface area contributed by atoms with Crippen LogP contribution in [-0.4, -0.2) is 41.2 Å². The summed E-state index contributed by atoms with van der Waals surface area (Å²) in [4.78, 5) is 37.2. The lowest BCUT2D eigenvalue weighted by Gasteiger charge is -2.17. The average molecular weight is 311 g/mol. The summed E-state index contributed by atoms with van der Waals surface area (Å²) in [6.45, 7) is 0.961. The summed E-state index contributed by atoms with van der Waals surface area (Å²) in [7, 11) is 0. The van der Waals surface area contributed by atoms with Gasteiger partial charge in [0.25, 0.3) is 5.09 Å². The summed E-state index contributed by atoms with van der Waals surface area (Å²) in [5, 5.41) is 23.2. The van der Waals surface area contributed by atoms with E-state index in [1.807, 2.05) is 0 Å². The van der Waals surface area contributed by atoms with Crippen LogP contribution in [0.25, 0.3) is 0 Å². The second kappa shape index (κ2) is 8.45. The quantitative estimate of drug-likeness (QED) is 0.345. The van der Waals surface area contributed by atoms with Crippen LogP contribution >= 0.6 is 0 Å². The van der Waals surface area contributed by atoms with Crippen LogP contribution in [0.1, 0.15) is 12.5 Å². The van der Waals surface area contributed by atoms with Crippen LogP contribution in [0.2, 0.25) is 0 Å². The van der Waals surface area contributed by atoms with Crippen molar-refractivity contribution in [2.45, 2.75) is 19.4 Å². The van der Waals surface area contributed by atoms with Crippen molar-refractivity contribution in [1.82, 2.24) is 10.6 Å². The van der Waals surface area contributed by atoms with Crippen molar-refractivity contribution in [3.05, 3.63) is 39.9 Å². The summed E-state index contributed by atoms with van der Waals surface area (Å²) >= 11 is 0. The third-order valence-electron chi connectivity index (χ3n) is 2.67. The number of nitrogens with one attached hydrogen (secondary N) is 2. The first-order valence-corrected chi connectivity index (χ1v) is 6.48. The highest BCUT2D eigenvalue weighted by Crippen LogP contribution is 2.11. The Balaban J connectivity index is 2.58. The van der Waals surface area contributed by atoms with Gasteiger partial charge in [0.2, 0.25) is 11.8 Å². The van der Waals surface area contributed by atoms with Crippen LogP contribution in [0.15, 0.2) is 24.3 Å². The fourth-order valence-corrected chi connectivity index (χ4v) is 1.74. The summed E-state index contributed by atoms with van der Waals surface area (Å²) in [6, 6.07) is 5.39. The molecule has 0 unspecified atom stereocenters. The van der Waals surface area contributed by atoms with Gasteiger partial charge in [-0.1, -0.05) is 12.1 Å². The van der Waals surface area contributed by atoms with Crippen molar-refractivity contribution < 1.29 is 24.6 Å². The fourth-order valence-electron chi connectivity index (χ4n) is 1.74. The second-order valence-electron chi connectivity index (χ2n) is 4.47. The normalized spacial score (nSPS) is 11.3. The molecule has 0 heterocycles. The SMILES string of the molecule is CC(=O)N[C@@H](Cc1ccc(O)cc1)C(=O)NCCO[N+](=O)[O-]. The number of nitrogens with zero attached hydrogens (tertiary/aromatic N) is 1. The Morgan fingerprint density at radius 1 is 1.36 bits per heavy atom. The monoisotopic (exact) mass is 311 g/mol. The topological polar surface area (TPSA) is 131 Å². The maximum atomic E-state index is 12.0. The molecule has 9 heteroatoms. The molecule has 0 saturated carbocycles. The zero-order valence-electron chi connectivity index (χ0n) is 11.9. The molecule has 0 aliphatic heterocycles. The molecule has 3 N–H and O–H groups in total. The van der Waals surface area contributed by atoms with Gasteiger partial charge in [-0.2, -0.15) is 0 Å². The fraction of sp³-hybridized carbons (Fsp3) is 0.385. The van der Waals surface area contributed by atoms with Crippen molar-refractivity contribution in [2.75, 3.05) is 13.2 Å². The van der Waals surface area contributed by atoms with Crippen molar-refractivity contribution in [3.63, 3.8) is 0 Å². The predicted octanol–water partition coefficient (Wildman–Crippen LogP) is -0.236. The Labute approximate surface area is 126 Å². The van der Waals surface area contributed by atoms with Crippen LogP contribution in [-0.2, 0) is 20.8 Å². The Morgan fingerprint density at radius 2 is 2.00 bits per heavy atom. The number of carbonyl (C=O) groups excluding carboxylic acids is 2. The third-order valence-corrected chi connectivity index (χ3v) is 2.67. The summed E-state index contributed by atoms with van der Waals surface area (Å²) in [5.74, 6) is -0.753. The molecular weight excluding hydrogens is 294 g/mol. The standard InChI is InChI=1S/C13H17N3O6/c1-9(17)15-12(8-10-2-4-11(18)5-3-10)13(19)14-6-7-22-16(20)21/h2-5,12,18H,6-8H2,1H3,(H,14,19)(H,15,17)/t12-/m0/s1. The minimum Gasteiger partial charge on any atom is -0.508 e. The molecule has 22 heavy (non-hydrogen) atoms. The highest BCUT2D eigenvalue weighted by molar-refractivity contribution is 5.87. The second-order valence-corrected chi connectivity index (χ2v) is 4.47. The van der Waals surface area contributed by atoms with Gasteiger partial charge in [0.1, 0.15) is 18.4 Å². The largest absolute Gasteiger partial charge is 0.508 e. The summed E-state index contributed by atoms with van der Waals surface area (Å²) in [5.41, 5.74) is 0.744. The number of hydrogen-bond acceptors (Lipinski definition) is 6. The number of hydrogen-bond donors (Lipinski definition) is 3. The highest BCUT2D eigenvalue weighted by atomic mass is 16.9. The molecule has 1 atom stereocenters. The van der Waals surface area contributed by atoms with Crippen LogP contribution in [0.3, 0.4) is 0 Å². The van der Waals surface area contributed by atoms with E-state index in [1.54, 1.807) is 12.1 Å². The Kier molecular flexibility index (Phi) is 6.61. The molecule has 0 saturated heterocycles. The zero-order chi connectivity index (χ0) is 16.5. The maximum absolute atomic E-state index is 12.0. The van der Waals surface area contributed by atoms with E-state index in [1.165, 1.54) is 19.1 Å². The van der Waals surface area contributed by atoms with Gasteiger partial charge in [-0.15, -0.1) is 10.1 Å². The molecule has 0 spiro atoms. The van der Waals surface area contributed by atoms with E-state index in [0.717, 1.165) is 5.56 Å². The highest BCUT2D eigenvalue weighted by Gasteiger charge is 2.19. The van der Waals surface area contributed by atoms with E-state index in [0.29, 0.717) is 0 Å². The number of phenolic OH excluding ortho intramolecular Hbond substituents is 1. The van der Waals surface area contributed by atoms with Gasteiger partial charge < -0.3 is 20.6 Å². The molecule has 0 radical (unpaired) electrons. The van der Waals surface area contributed by atoms with E-state index < -0.39 is 17.0 Å². The van der Waals surface area contributed by atoms with E-state index in [9.17, 15) is 24.8 Å². The number of phenols is 1. The van der Waals surface area contributed by atoms with Crippen LogP contribution in [0.5, 0.6) is 5.75 Å². The predicted molar refractivity (Wildman–Crippen MR) is 75.4 cm³/mol. The molecule has 0 bridgehead atoms. The lowest BCUT2D eigenvalue weighted by atomic mass is 10.0. The zero-order valence-corrected chi connectivity index (χ0v) is 11.9. The minimum absolute atomic E-state index is 0.0501. The van der Waals surface area contributed by atoms with Crippen LogP contribution < -0.4 is 10.6 Å².